The van der Waals surface area contributed by atoms with Crippen LogP contribution in [0.15, 0.2) is 6.07 Å². The number of hydrogen-bond acceptors (Lipinski definition) is 2. The van der Waals surface area contributed by atoms with Crippen molar-refractivity contribution in [1.29, 1.82) is 0 Å². The van der Waals surface area contributed by atoms with E-state index in [0.29, 0.717) is 11.7 Å². The van der Waals surface area contributed by atoms with Crippen molar-refractivity contribution in [3.05, 3.63) is 17.5 Å². The van der Waals surface area contributed by atoms with E-state index in [1.54, 1.807) is 0 Å². The molecule has 0 bridgehead atoms. The molecule has 0 radical (unpaired) electrons. The molecule has 0 aliphatic heterocycles. The minimum Gasteiger partial charge on any atom is -0.296 e. The van der Waals surface area contributed by atoms with E-state index in [2.05, 4.69) is 5.10 Å². The van der Waals surface area contributed by atoms with Crippen LogP contribution >= 0.6 is 0 Å². The average Bonchev–Trinajstić information content (AvgIpc) is 2.76. The Morgan fingerprint density at radius 1 is 1.73 bits per heavy atom. The zero-order valence-electron chi connectivity index (χ0n) is 6.45. The van der Waals surface area contributed by atoms with Crippen molar-refractivity contribution in [1.82, 2.24) is 9.78 Å². The molecular weight excluding hydrogens is 140 g/mol. The van der Waals surface area contributed by atoms with Gasteiger partial charge >= 0.3 is 0 Å². The van der Waals surface area contributed by atoms with E-state index in [1.165, 1.54) is 12.8 Å². The van der Waals surface area contributed by atoms with Crippen LogP contribution in [0, 0.1) is 6.92 Å². The molecule has 1 aromatic heterocycles. The number of aryl methyl sites for hydroxylation is 1. The Balaban J connectivity index is 2.37. The third kappa shape index (κ3) is 1.06. The van der Waals surface area contributed by atoms with E-state index < -0.39 is 0 Å². The van der Waals surface area contributed by atoms with Gasteiger partial charge in [-0.2, -0.15) is 5.10 Å². The van der Waals surface area contributed by atoms with Gasteiger partial charge in [-0.3, -0.25) is 9.48 Å². The molecule has 0 spiro atoms. The molecule has 3 nitrogen and oxygen atoms in total. The number of hydrogen-bond donors (Lipinski definition) is 0. The molecule has 1 fully saturated rings. The van der Waals surface area contributed by atoms with Gasteiger partial charge in [0, 0.05) is 5.69 Å². The zero-order valence-corrected chi connectivity index (χ0v) is 6.45. The second-order valence-corrected chi connectivity index (χ2v) is 3.00. The van der Waals surface area contributed by atoms with Crippen molar-refractivity contribution in [3.8, 4) is 0 Å². The van der Waals surface area contributed by atoms with Gasteiger partial charge in [-0.05, 0) is 25.8 Å². The number of carbonyl (C=O) groups is 1. The first-order valence-corrected chi connectivity index (χ1v) is 3.82. The number of aldehydes is 1. The molecule has 1 heterocycles. The van der Waals surface area contributed by atoms with Gasteiger partial charge in [0.05, 0.1) is 6.04 Å². The molecular formula is C8H10N2O. The van der Waals surface area contributed by atoms with Gasteiger partial charge in [0.2, 0.25) is 0 Å². The zero-order chi connectivity index (χ0) is 7.84. The van der Waals surface area contributed by atoms with E-state index in [-0.39, 0.29) is 0 Å². The summed E-state index contributed by atoms with van der Waals surface area (Å²) in [5.74, 6) is 0. The largest absolute Gasteiger partial charge is 0.296 e. The van der Waals surface area contributed by atoms with Crippen LogP contribution in [-0.4, -0.2) is 16.1 Å². The van der Waals surface area contributed by atoms with Gasteiger partial charge in [0.15, 0.2) is 6.29 Å². The second kappa shape index (κ2) is 2.19. The highest BCUT2D eigenvalue weighted by Crippen LogP contribution is 2.35. The Morgan fingerprint density at radius 2 is 2.45 bits per heavy atom. The summed E-state index contributed by atoms with van der Waals surface area (Å²) in [6, 6.07) is 2.40. The maximum absolute atomic E-state index is 10.3. The molecule has 0 atom stereocenters. The van der Waals surface area contributed by atoms with E-state index in [1.807, 2.05) is 17.7 Å². The number of nitrogens with zero attached hydrogens (tertiary/aromatic N) is 2. The summed E-state index contributed by atoms with van der Waals surface area (Å²) in [7, 11) is 0. The Kier molecular flexibility index (Phi) is 1.31. The summed E-state index contributed by atoms with van der Waals surface area (Å²) in [4.78, 5) is 10.3. The Morgan fingerprint density at radius 3 is 2.91 bits per heavy atom. The lowest BCUT2D eigenvalue weighted by atomic mass is 10.4. The first kappa shape index (κ1) is 6.58. The van der Waals surface area contributed by atoms with Gasteiger partial charge in [-0.25, -0.2) is 0 Å². The van der Waals surface area contributed by atoms with Crippen molar-refractivity contribution < 1.29 is 4.79 Å². The third-order valence-electron chi connectivity index (χ3n) is 1.95. The minimum absolute atomic E-state index is 0.550. The standard InChI is InChI=1S/C8H10N2O/c1-6-4-7(5-11)9-10(6)8-2-3-8/h4-5,8H,2-3H2,1H3. The average molecular weight is 150 g/mol. The number of aromatic nitrogens is 2. The van der Waals surface area contributed by atoms with Crippen LogP contribution < -0.4 is 0 Å². The normalized spacial score (nSPS) is 16.8. The van der Waals surface area contributed by atoms with Crippen LogP contribution in [0.25, 0.3) is 0 Å². The summed E-state index contributed by atoms with van der Waals surface area (Å²) in [6.45, 7) is 1.98. The van der Waals surface area contributed by atoms with Crippen molar-refractivity contribution in [2.45, 2.75) is 25.8 Å². The fraction of sp³-hybridized carbons (Fsp3) is 0.500. The molecule has 0 aromatic carbocycles. The van der Waals surface area contributed by atoms with Gasteiger partial charge in [-0.15, -0.1) is 0 Å². The molecule has 0 N–H and O–H groups in total. The van der Waals surface area contributed by atoms with Gasteiger partial charge in [-0.1, -0.05) is 0 Å². The molecule has 0 amide bonds. The van der Waals surface area contributed by atoms with Crippen LogP contribution in [0.2, 0.25) is 0 Å². The highest BCUT2D eigenvalue weighted by atomic mass is 16.1. The van der Waals surface area contributed by atoms with Crippen LogP contribution in [0.5, 0.6) is 0 Å². The number of rotatable bonds is 2. The summed E-state index contributed by atoms with van der Waals surface area (Å²) in [5.41, 5.74) is 1.64. The molecule has 1 aromatic rings. The van der Waals surface area contributed by atoms with Crippen LogP contribution in [-0.2, 0) is 0 Å². The van der Waals surface area contributed by atoms with Crippen LogP contribution in [0.1, 0.15) is 35.1 Å². The smallest absolute Gasteiger partial charge is 0.170 e. The first-order chi connectivity index (χ1) is 5.31. The molecule has 2 rings (SSSR count). The molecule has 0 saturated heterocycles. The molecule has 11 heavy (non-hydrogen) atoms. The molecule has 0 unspecified atom stereocenters. The predicted octanol–water partition coefficient (Wildman–Crippen LogP) is 1.34. The second-order valence-electron chi connectivity index (χ2n) is 3.00. The fourth-order valence-electron chi connectivity index (χ4n) is 1.26. The number of carbonyl (C=O) groups excluding carboxylic acids is 1. The lowest BCUT2D eigenvalue weighted by Gasteiger charge is -1.97. The highest BCUT2D eigenvalue weighted by Gasteiger charge is 2.25. The van der Waals surface area contributed by atoms with Crippen molar-refractivity contribution in [3.63, 3.8) is 0 Å². The first-order valence-electron chi connectivity index (χ1n) is 3.82. The lowest BCUT2D eigenvalue weighted by molar-refractivity contribution is 0.111. The van der Waals surface area contributed by atoms with Crippen molar-refractivity contribution in [2.75, 3.05) is 0 Å². The highest BCUT2D eigenvalue weighted by molar-refractivity contribution is 5.71. The Labute approximate surface area is 65.0 Å². The molecule has 1 aliphatic carbocycles. The summed E-state index contributed by atoms with van der Waals surface area (Å²) >= 11 is 0. The maximum atomic E-state index is 10.3. The monoisotopic (exact) mass is 150 g/mol. The van der Waals surface area contributed by atoms with E-state index in [4.69, 9.17) is 0 Å². The van der Waals surface area contributed by atoms with Gasteiger partial charge in [0.25, 0.3) is 0 Å². The molecule has 3 heteroatoms. The van der Waals surface area contributed by atoms with Crippen LogP contribution in [0.3, 0.4) is 0 Å². The van der Waals surface area contributed by atoms with Gasteiger partial charge < -0.3 is 0 Å². The lowest BCUT2D eigenvalue weighted by Crippen LogP contribution is -1.98. The predicted molar refractivity (Wildman–Crippen MR) is 40.6 cm³/mol. The Bertz CT molecular complexity index is 286. The van der Waals surface area contributed by atoms with Gasteiger partial charge in [0.1, 0.15) is 5.69 Å². The van der Waals surface area contributed by atoms with Crippen molar-refractivity contribution >= 4 is 6.29 Å². The summed E-state index contributed by atoms with van der Waals surface area (Å²) in [6.07, 6.45) is 3.22. The molecule has 1 saturated carbocycles. The SMILES string of the molecule is Cc1cc(C=O)nn1C1CC1. The molecule has 1 aliphatic rings. The van der Waals surface area contributed by atoms with E-state index >= 15 is 0 Å². The minimum atomic E-state index is 0.550. The van der Waals surface area contributed by atoms with Crippen LogP contribution in [0.4, 0.5) is 0 Å². The van der Waals surface area contributed by atoms with Crippen molar-refractivity contribution in [2.24, 2.45) is 0 Å². The van der Waals surface area contributed by atoms with E-state index in [9.17, 15) is 4.79 Å². The van der Waals surface area contributed by atoms with E-state index in [0.717, 1.165) is 12.0 Å². The third-order valence-corrected chi connectivity index (χ3v) is 1.95. The summed E-state index contributed by atoms with van der Waals surface area (Å²) in [5, 5.41) is 4.14. The fourth-order valence-corrected chi connectivity index (χ4v) is 1.26. The Hall–Kier alpha value is -1.12. The summed E-state index contributed by atoms with van der Waals surface area (Å²) < 4.78 is 1.95. The topological polar surface area (TPSA) is 34.9 Å². The molecule has 58 valence electrons. The maximum Gasteiger partial charge on any atom is 0.170 e. The quantitative estimate of drug-likeness (QED) is 0.596.